The van der Waals surface area contributed by atoms with Crippen molar-refractivity contribution in [2.24, 2.45) is 0 Å². The van der Waals surface area contributed by atoms with Crippen LogP contribution in [0.1, 0.15) is 11.1 Å². The van der Waals surface area contributed by atoms with Gasteiger partial charge in [-0.05, 0) is 91.5 Å². The second-order valence-electron chi connectivity index (χ2n) is 5.67. The summed E-state index contributed by atoms with van der Waals surface area (Å²) in [5, 5.41) is 3.38. The van der Waals surface area contributed by atoms with Gasteiger partial charge in [0.25, 0.3) is 0 Å². The second-order valence-corrected chi connectivity index (χ2v) is 8.29. The molecule has 1 N–H and O–H groups in total. The topological polar surface area (TPSA) is 21.3 Å². The molecule has 6 heteroatoms. The van der Waals surface area contributed by atoms with Gasteiger partial charge < -0.3 is 10.1 Å². The van der Waals surface area contributed by atoms with Crippen molar-refractivity contribution in [3.8, 4) is 5.75 Å². The SMILES string of the molecule is Fc1cccc(COc2c(Br)cc(CNc3ccc(Br)cc3)cc2Br)c1. The minimum Gasteiger partial charge on any atom is -0.487 e. The number of anilines is 1. The molecule has 0 heterocycles. The van der Waals surface area contributed by atoms with Gasteiger partial charge >= 0.3 is 0 Å². The molecular weight excluding hydrogens is 529 g/mol. The summed E-state index contributed by atoms with van der Waals surface area (Å²) >= 11 is 10.5. The van der Waals surface area contributed by atoms with Gasteiger partial charge in [-0.15, -0.1) is 0 Å². The van der Waals surface area contributed by atoms with E-state index in [0.29, 0.717) is 18.9 Å². The lowest BCUT2D eigenvalue weighted by Crippen LogP contribution is -2.01. The normalized spacial score (nSPS) is 10.6. The van der Waals surface area contributed by atoms with Crippen molar-refractivity contribution < 1.29 is 9.13 Å². The Labute approximate surface area is 177 Å². The highest BCUT2D eigenvalue weighted by Gasteiger charge is 2.10. The van der Waals surface area contributed by atoms with E-state index in [1.54, 1.807) is 6.07 Å². The zero-order valence-corrected chi connectivity index (χ0v) is 18.4. The Hall–Kier alpha value is -1.37. The van der Waals surface area contributed by atoms with Crippen molar-refractivity contribution in [2.75, 3.05) is 5.32 Å². The van der Waals surface area contributed by atoms with Crippen molar-refractivity contribution in [2.45, 2.75) is 13.2 Å². The molecule has 3 rings (SSSR count). The van der Waals surface area contributed by atoms with Crippen molar-refractivity contribution >= 4 is 53.5 Å². The van der Waals surface area contributed by atoms with Gasteiger partial charge in [-0.3, -0.25) is 0 Å². The third-order valence-electron chi connectivity index (χ3n) is 3.67. The lowest BCUT2D eigenvalue weighted by molar-refractivity contribution is 0.301. The highest BCUT2D eigenvalue weighted by molar-refractivity contribution is 9.11. The smallest absolute Gasteiger partial charge is 0.148 e. The van der Waals surface area contributed by atoms with Crippen LogP contribution >= 0.6 is 47.8 Å². The predicted octanol–water partition coefficient (Wildman–Crippen LogP) is 7.30. The molecular formula is C20H15Br3FNO. The first kappa shape index (κ1) is 19.4. The van der Waals surface area contributed by atoms with E-state index in [9.17, 15) is 4.39 Å². The molecule has 0 aliphatic carbocycles. The Kier molecular flexibility index (Phi) is 6.73. The van der Waals surface area contributed by atoms with Gasteiger partial charge in [-0.25, -0.2) is 4.39 Å². The van der Waals surface area contributed by atoms with Gasteiger partial charge in [0.1, 0.15) is 18.2 Å². The molecule has 0 aliphatic rings. The average Bonchev–Trinajstić information content (AvgIpc) is 2.60. The van der Waals surface area contributed by atoms with Gasteiger partial charge in [-0.1, -0.05) is 28.1 Å². The average molecular weight is 544 g/mol. The molecule has 0 radical (unpaired) electrons. The van der Waals surface area contributed by atoms with Crippen LogP contribution in [0.4, 0.5) is 10.1 Å². The molecule has 0 bridgehead atoms. The summed E-state index contributed by atoms with van der Waals surface area (Å²) in [4.78, 5) is 0. The standard InChI is InChI=1S/C20H15Br3FNO/c21-15-4-6-17(7-5-15)25-11-14-9-18(22)20(19(23)10-14)26-12-13-2-1-3-16(24)8-13/h1-10,25H,11-12H2. The van der Waals surface area contributed by atoms with Crippen LogP contribution in [0.5, 0.6) is 5.75 Å². The van der Waals surface area contributed by atoms with E-state index in [2.05, 4.69) is 53.1 Å². The Morgan fingerprint density at radius 1 is 0.846 bits per heavy atom. The van der Waals surface area contributed by atoms with Crippen molar-refractivity contribution in [1.82, 2.24) is 0 Å². The first-order chi connectivity index (χ1) is 12.5. The summed E-state index contributed by atoms with van der Waals surface area (Å²) in [7, 11) is 0. The molecule has 0 fully saturated rings. The number of hydrogen-bond donors (Lipinski definition) is 1. The van der Waals surface area contributed by atoms with Gasteiger partial charge in [0.15, 0.2) is 0 Å². The maximum atomic E-state index is 13.3. The molecule has 0 aliphatic heterocycles. The van der Waals surface area contributed by atoms with Crippen LogP contribution in [0.2, 0.25) is 0 Å². The summed E-state index contributed by atoms with van der Waals surface area (Å²) in [6.07, 6.45) is 0. The first-order valence-electron chi connectivity index (χ1n) is 7.86. The molecule has 26 heavy (non-hydrogen) atoms. The molecule has 3 aromatic rings. The minimum atomic E-state index is -0.265. The van der Waals surface area contributed by atoms with Crippen LogP contribution in [0.15, 0.2) is 74.1 Å². The minimum absolute atomic E-state index is 0.265. The predicted molar refractivity (Wildman–Crippen MR) is 114 cm³/mol. The molecule has 0 aromatic heterocycles. The van der Waals surface area contributed by atoms with Crippen molar-refractivity contribution in [3.05, 3.63) is 91.0 Å². The lowest BCUT2D eigenvalue weighted by Gasteiger charge is -2.13. The van der Waals surface area contributed by atoms with E-state index >= 15 is 0 Å². The highest BCUT2D eigenvalue weighted by Crippen LogP contribution is 2.35. The van der Waals surface area contributed by atoms with Crippen LogP contribution in [-0.4, -0.2) is 0 Å². The van der Waals surface area contributed by atoms with E-state index in [1.165, 1.54) is 12.1 Å². The summed E-state index contributed by atoms with van der Waals surface area (Å²) in [5.74, 6) is 0.431. The molecule has 134 valence electrons. The number of rotatable bonds is 6. The zero-order valence-electron chi connectivity index (χ0n) is 13.6. The molecule has 0 unspecified atom stereocenters. The third kappa shape index (κ3) is 5.32. The van der Waals surface area contributed by atoms with E-state index in [4.69, 9.17) is 4.74 Å². The quantitative estimate of drug-likeness (QED) is 0.352. The zero-order chi connectivity index (χ0) is 18.5. The van der Waals surface area contributed by atoms with Crippen molar-refractivity contribution in [1.29, 1.82) is 0 Å². The van der Waals surface area contributed by atoms with Crippen LogP contribution < -0.4 is 10.1 Å². The molecule has 0 atom stereocenters. The van der Waals surface area contributed by atoms with Gasteiger partial charge in [0, 0.05) is 16.7 Å². The lowest BCUT2D eigenvalue weighted by atomic mass is 10.2. The molecule has 3 aromatic carbocycles. The van der Waals surface area contributed by atoms with Gasteiger partial charge in [0.05, 0.1) is 8.95 Å². The number of nitrogens with one attached hydrogen (secondary N) is 1. The van der Waals surface area contributed by atoms with E-state index in [0.717, 1.165) is 30.2 Å². The van der Waals surface area contributed by atoms with Crippen LogP contribution in [0, 0.1) is 5.82 Å². The summed E-state index contributed by atoms with van der Waals surface area (Å²) in [5.41, 5.74) is 2.93. The summed E-state index contributed by atoms with van der Waals surface area (Å²) in [6.45, 7) is 0.981. The molecule has 0 spiro atoms. The van der Waals surface area contributed by atoms with E-state index < -0.39 is 0 Å². The summed E-state index contributed by atoms with van der Waals surface area (Å²) < 4.78 is 21.9. The number of benzene rings is 3. The van der Waals surface area contributed by atoms with Crippen LogP contribution in [0.3, 0.4) is 0 Å². The molecule has 0 saturated carbocycles. The van der Waals surface area contributed by atoms with Gasteiger partial charge in [0.2, 0.25) is 0 Å². The maximum absolute atomic E-state index is 13.3. The molecule has 0 saturated heterocycles. The van der Waals surface area contributed by atoms with E-state index in [1.807, 2.05) is 42.5 Å². The number of hydrogen-bond acceptors (Lipinski definition) is 2. The maximum Gasteiger partial charge on any atom is 0.148 e. The second kappa shape index (κ2) is 9.02. The van der Waals surface area contributed by atoms with Gasteiger partial charge in [-0.2, -0.15) is 0 Å². The largest absolute Gasteiger partial charge is 0.487 e. The number of ether oxygens (including phenoxy) is 1. The fourth-order valence-electron chi connectivity index (χ4n) is 2.41. The molecule has 0 amide bonds. The Morgan fingerprint density at radius 2 is 1.54 bits per heavy atom. The Balaban J connectivity index is 1.66. The number of halogens is 4. The van der Waals surface area contributed by atoms with Crippen LogP contribution in [0.25, 0.3) is 0 Å². The van der Waals surface area contributed by atoms with Crippen molar-refractivity contribution in [3.63, 3.8) is 0 Å². The van der Waals surface area contributed by atoms with Crippen LogP contribution in [-0.2, 0) is 13.2 Å². The molecule has 2 nitrogen and oxygen atoms in total. The first-order valence-corrected chi connectivity index (χ1v) is 10.2. The third-order valence-corrected chi connectivity index (χ3v) is 5.38. The fourth-order valence-corrected chi connectivity index (χ4v) is 4.18. The fraction of sp³-hybridized carbons (Fsp3) is 0.100. The highest BCUT2D eigenvalue weighted by atomic mass is 79.9. The van der Waals surface area contributed by atoms with E-state index in [-0.39, 0.29) is 5.82 Å². The Bertz CT molecular complexity index is 877. The monoisotopic (exact) mass is 541 g/mol. The summed E-state index contributed by atoms with van der Waals surface area (Å²) in [6, 6.07) is 18.5. The Morgan fingerprint density at radius 3 is 2.19 bits per heavy atom.